The second kappa shape index (κ2) is 4.41. The summed E-state index contributed by atoms with van der Waals surface area (Å²) in [4.78, 5) is 0. The lowest BCUT2D eigenvalue weighted by Crippen LogP contribution is -1.96. The molecule has 4 nitrogen and oxygen atoms in total. The zero-order valence-corrected chi connectivity index (χ0v) is 13.0. The number of furan rings is 2. The van der Waals surface area contributed by atoms with Gasteiger partial charge in [0.2, 0.25) is 9.05 Å². The number of fused-ring (bicyclic) bond motifs is 2. The summed E-state index contributed by atoms with van der Waals surface area (Å²) in [6, 6.07) is 3.48. The first-order valence-corrected chi connectivity index (χ1v) is 8.65. The molecule has 20 heavy (non-hydrogen) atoms. The lowest BCUT2D eigenvalue weighted by molar-refractivity contribution is 0.573. The fraction of sp³-hybridized carbons (Fsp3) is 0.231. The molecule has 2 aromatic heterocycles. The Bertz CT molecular complexity index is 877. The average Bonchev–Trinajstić information content (AvgIpc) is 2.86. The molecule has 0 aliphatic carbocycles. The minimum absolute atomic E-state index is 0.343. The summed E-state index contributed by atoms with van der Waals surface area (Å²) in [5.74, 6) is 0.934. The Hall–Kier alpha value is -1.17. The molecule has 0 aliphatic rings. The van der Waals surface area contributed by atoms with E-state index in [0.29, 0.717) is 44.0 Å². The first-order chi connectivity index (χ1) is 9.26. The van der Waals surface area contributed by atoms with Gasteiger partial charge in [-0.1, -0.05) is 11.6 Å². The van der Waals surface area contributed by atoms with Crippen LogP contribution in [0.2, 0.25) is 5.02 Å². The van der Waals surface area contributed by atoms with Crippen LogP contribution in [0.4, 0.5) is 0 Å². The maximum absolute atomic E-state index is 11.4. The highest BCUT2D eigenvalue weighted by Gasteiger charge is 2.22. The Morgan fingerprint density at radius 2 is 1.60 bits per heavy atom. The van der Waals surface area contributed by atoms with Gasteiger partial charge in [0.1, 0.15) is 17.1 Å². The van der Waals surface area contributed by atoms with Crippen molar-refractivity contribution >= 4 is 53.3 Å². The molecule has 0 N–H and O–H groups in total. The second-order valence-electron chi connectivity index (χ2n) is 4.68. The third-order valence-electron chi connectivity index (χ3n) is 3.06. The van der Waals surface area contributed by atoms with E-state index in [-0.39, 0.29) is 5.75 Å². The molecule has 0 unspecified atom stereocenters. The van der Waals surface area contributed by atoms with Gasteiger partial charge in [-0.15, -0.1) is 0 Å². The molecule has 0 amide bonds. The van der Waals surface area contributed by atoms with Gasteiger partial charge in [-0.2, -0.15) is 0 Å². The fourth-order valence-electron chi connectivity index (χ4n) is 2.36. The lowest BCUT2D eigenvalue weighted by Gasteiger charge is -2.04. The van der Waals surface area contributed by atoms with E-state index < -0.39 is 9.05 Å². The maximum atomic E-state index is 11.4. The van der Waals surface area contributed by atoms with Crippen LogP contribution in [-0.4, -0.2) is 8.42 Å². The first kappa shape index (κ1) is 13.8. The molecule has 7 heteroatoms. The lowest BCUT2D eigenvalue weighted by atomic mass is 10.1. The van der Waals surface area contributed by atoms with Crippen molar-refractivity contribution in [3.63, 3.8) is 0 Å². The monoisotopic (exact) mass is 332 g/mol. The topological polar surface area (TPSA) is 60.4 Å². The van der Waals surface area contributed by atoms with Crippen molar-refractivity contribution in [3.05, 3.63) is 34.2 Å². The average molecular weight is 333 g/mol. The van der Waals surface area contributed by atoms with Crippen molar-refractivity contribution in [1.82, 2.24) is 0 Å². The molecule has 1 aromatic carbocycles. The smallest absolute Gasteiger partial charge is 0.236 e. The van der Waals surface area contributed by atoms with Gasteiger partial charge in [-0.3, -0.25) is 0 Å². The van der Waals surface area contributed by atoms with Crippen LogP contribution in [-0.2, 0) is 14.8 Å². The van der Waals surface area contributed by atoms with Gasteiger partial charge in [0.25, 0.3) is 0 Å². The van der Waals surface area contributed by atoms with Crippen molar-refractivity contribution in [2.24, 2.45) is 0 Å². The van der Waals surface area contributed by atoms with Gasteiger partial charge in [0.15, 0.2) is 5.58 Å². The molecule has 0 saturated carbocycles. The van der Waals surface area contributed by atoms with E-state index in [9.17, 15) is 8.42 Å². The van der Waals surface area contributed by atoms with Crippen LogP contribution in [0, 0.1) is 13.8 Å². The zero-order chi connectivity index (χ0) is 14.7. The largest absolute Gasteiger partial charge is 0.461 e. The highest BCUT2D eigenvalue weighted by molar-refractivity contribution is 8.13. The minimum atomic E-state index is -3.73. The van der Waals surface area contributed by atoms with E-state index in [1.807, 2.05) is 0 Å². The Labute approximate surface area is 124 Å². The minimum Gasteiger partial charge on any atom is -0.461 e. The van der Waals surface area contributed by atoms with Crippen LogP contribution in [0.5, 0.6) is 0 Å². The third-order valence-corrected chi connectivity index (χ3v) is 4.40. The molecule has 0 bridgehead atoms. The molecule has 2 heterocycles. The Kier molecular flexibility index (Phi) is 3.04. The Morgan fingerprint density at radius 1 is 1.05 bits per heavy atom. The quantitative estimate of drug-likeness (QED) is 0.647. The van der Waals surface area contributed by atoms with Gasteiger partial charge in [-0.05, 0) is 26.0 Å². The van der Waals surface area contributed by atoms with E-state index in [1.54, 1.807) is 26.0 Å². The van der Waals surface area contributed by atoms with Crippen LogP contribution in [0.3, 0.4) is 0 Å². The summed E-state index contributed by atoms with van der Waals surface area (Å²) in [6.07, 6.45) is 0. The highest BCUT2D eigenvalue weighted by atomic mass is 35.7. The summed E-state index contributed by atoms with van der Waals surface area (Å²) in [6.45, 7) is 3.53. The van der Waals surface area contributed by atoms with Crippen molar-refractivity contribution in [3.8, 4) is 0 Å². The van der Waals surface area contributed by atoms with Crippen molar-refractivity contribution < 1.29 is 17.3 Å². The fourth-order valence-corrected chi connectivity index (χ4v) is 3.60. The predicted molar refractivity (Wildman–Crippen MR) is 78.9 cm³/mol. The molecule has 0 atom stereocenters. The van der Waals surface area contributed by atoms with Crippen molar-refractivity contribution in [2.75, 3.05) is 0 Å². The summed E-state index contributed by atoms with van der Waals surface area (Å²) >= 11 is 6.31. The zero-order valence-electron chi connectivity index (χ0n) is 10.7. The molecule has 0 fully saturated rings. The van der Waals surface area contributed by atoms with Crippen LogP contribution < -0.4 is 0 Å². The number of halogens is 2. The molecule has 106 valence electrons. The van der Waals surface area contributed by atoms with Crippen molar-refractivity contribution in [1.29, 1.82) is 0 Å². The van der Waals surface area contributed by atoms with Crippen LogP contribution >= 0.6 is 22.3 Å². The van der Waals surface area contributed by atoms with E-state index >= 15 is 0 Å². The van der Waals surface area contributed by atoms with Crippen LogP contribution in [0.1, 0.15) is 17.1 Å². The normalized spacial score (nSPS) is 12.6. The molecule has 0 radical (unpaired) electrons. The van der Waals surface area contributed by atoms with Gasteiger partial charge in [-0.25, -0.2) is 8.42 Å². The van der Waals surface area contributed by atoms with E-state index in [0.717, 1.165) is 0 Å². The molecular weight excluding hydrogens is 323 g/mol. The third kappa shape index (κ3) is 2.20. The standard InChI is InChI=1S/C13H10Cl2O4S/c1-6-3-8-10(5-20(15,16)17)12-9(4-7(2)18-12)11(14)13(8)19-6/h3-4H,5H2,1-2H3. The van der Waals surface area contributed by atoms with Gasteiger partial charge in [0.05, 0.1) is 10.8 Å². The summed E-state index contributed by atoms with van der Waals surface area (Å²) in [5.41, 5.74) is 1.36. The Balaban J connectivity index is 2.51. The van der Waals surface area contributed by atoms with Gasteiger partial charge in [0, 0.05) is 27.0 Å². The molecule has 0 aliphatic heterocycles. The molecule has 3 rings (SSSR count). The number of hydrogen-bond acceptors (Lipinski definition) is 4. The molecule has 0 spiro atoms. The number of aryl methyl sites for hydroxylation is 2. The van der Waals surface area contributed by atoms with E-state index in [4.69, 9.17) is 31.1 Å². The highest BCUT2D eigenvalue weighted by Crippen LogP contribution is 2.40. The summed E-state index contributed by atoms with van der Waals surface area (Å²) in [7, 11) is 1.66. The molecular formula is C13H10Cl2O4S. The van der Waals surface area contributed by atoms with Crippen LogP contribution in [0.15, 0.2) is 21.0 Å². The van der Waals surface area contributed by atoms with Gasteiger partial charge >= 0.3 is 0 Å². The Morgan fingerprint density at radius 3 is 2.20 bits per heavy atom. The molecule has 3 aromatic rings. The number of hydrogen-bond donors (Lipinski definition) is 0. The predicted octanol–water partition coefficient (Wildman–Crippen LogP) is 4.52. The van der Waals surface area contributed by atoms with E-state index in [2.05, 4.69) is 0 Å². The van der Waals surface area contributed by atoms with E-state index in [1.165, 1.54) is 0 Å². The number of rotatable bonds is 2. The number of benzene rings is 1. The first-order valence-electron chi connectivity index (χ1n) is 5.79. The maximum Gasteiger partial charge on any atom is 0.236 e. The molecule has 0 saturated heterocycles. The van der Waals surface area contributed by atoms with Gasteiger partial charge < -0.3 is 8.83 Å². The SMILES string of the molecule is Cc1cc2c(CS(=O)(=O)Cl)c3oc(C)cc3c(Cl)c2o1. The van der Waals surface area contributed by atoms with Crippen molar-refractivity contribution in [2.45, 2.75) is 19.6 Å². The second-order valence-corrected chi connectivity index (χ2v) is 7.83. The van der Waals surface area contributed by atoms with Crippen LogP contribution in [0.25, 0.3) is 21.9 Å². The summed E-state index contributed by atoms with van der Waals surface area (Å²) < 4.78 is 34.0. The summed E-state index contributed by atoms with van der Waals surface area (Å²) in [5, 5.41) is 1.65.